The van der Waals surface area contributed by atoms with Crippen LogP contribution in [0.2, 0.25) is 0 Å². The first kappa shape index (κ1) is 14.8. The minimum atomic E-state index is -0.163. The smallest absolute Gasteiger partial charge is 0.230 e. The van der Waals surface area contributed by atoms with E-state index < -0.39 is 0 Å². The summed E-state index contributed by atoms with van der Waals surface area (Å²) in [6.07, 6.45) is 0.708. The Bertz CT molecular complexity index is 464. The average Bonchev–Trinajstić information content (AvgIpc) is 2.46. The van der Waals surface area contributed by atoms with Crippen molar-refractivity contribution < 1.29 is 14.3 Å². The summed E-state index contributed by atoms with van der Waals surface area (Å²) in [4.78, 5) is 14.3. The number of fused-ring (bicyclic) bond motifs is 1. The summed E-state index contributed by atoms with van der Waals surface area (Å²) in [5.41, 5.74) is 6.87. The molecular weight excluding hydrogens is 256 g/mol. The molecule has 2 atom stereocenters. The number of benzene rings is 1. The lowest BCUT2D eigenvalue weighted by atomic mass is 9.92. The molecule has 0 saturated heterocycles. The lowest BCUT2D eigenvalue weighted by Crippen LogP contribution is -2.43. The van der Waals surface area contributed by atoms with Gasteiger partial charge in [0.05, 0.1) is 19.1 Å². The number of nitrogens with two attached hydrogens (primary N) is 1. The van der Waals surface area contributed by atoms with Crippen LogP contribution in [0.3, 0.4) is 0 Å². The summed E-state index contributed by atoms with van der Waals surface area (Å²) in [6, 6.07) is 7.56. The highest BCUT2D eigenvalue weighted by atomic mass is 16.5. The second-order valence-electron chi connectivity index (χ2n) is 5.16. The molecule has 1 aliphatic rings. The number of methoxy groups -OCH3 is 1. The highest BCUT2D eigenvalue weighted by Crippen LogP contribution is 2.34. The van der Waals surface area contributed by atoms with E-state index in [1.54, 1.807) is 19.1 Å². The molecule has 5 heteroatoms. The van der Waals surface area contributed by atoms with Crippen LogP contribution in [-0.4, -0.2) is 50.8 Å². The normalized spacial score (nSPS) is 18.9. The van der Waals surface area contributed by atoms with Gasteiger partial charge in [0.25, 0.3) is 0 Å². The fraction of sp³-hybridized carbons (Fsp3) is 0.533. The van der Waals surface area contributed by atoms with Crippen LogP contribution >= 0.6 is 0 Å². The number of hydrogen-bond acceptors (Lipinski definition) is 4. The van der Waals surface area contributed by atoms with Crippen LogP contribution < -0.4 is 10.5 Å². The first-order valence-electron chi connectivity index (χ1n) is 6.84. The highest BCUT2D eigenvalue weighted by Gasteiger charge is 2.29. The Morgan fingerprint density at radius 2 is 2.30 bits per heavy atom. The van der Waals surface area contributed by atoms with Crippen molar-refractivity contribution in [2.75, 3.05) is 33.9 Å². The van der Waals surface area contributed by atoms with Gasteiger partial charge < -0.3 is 20.1 Å². The average molecular weight is 278 g/mol. The quantitative estimate of drug-likeness (QED) is 0.872. The maximum atomic E-state index is 12.6. The predicted octanol–water partition coefficient (Wildman–Crippen LogP) is 0.985. The number of ether oxygens (including phenoxy) is 2. The lowest BCUT2D eigenvalue weighted by molar-refractivity contribution is -0.132. The SMILES string of the molecule is COCC(N)CN(C)C(=O)C1CCOc2ccccc21. The summed E-state index contributed by atoms with van der Waals surface area (Å²) in [7, 11) is 3.40. The maximum absolute atomic E-state index is 12.6. The molecule has 2 unspecified atom stereocenters. The zero-order valence-electron chi connectivity index (χ0n) is 12.0. The molecule has 1 heterocycles. The van der Waals surface area contributed by atoms with E-state index >= 15 is 0 Å². The topological polar surface area (TPSA) is 64.8 Å². The van der Waals surface area contributed by atoms with Crippen LogP contribution in [0.4, 0.5) is 0 Å². The second kappa shape index (κ2) is 6.72. The molecule has 0 fully saturated rings. The van der Waals surface area contributed by atoms with Gasteiger partial charge in [0, 0.05) is 32.3 Å². The van der Waals surface area contributed by atoms with E-state index in [0.717, 1.165) is 11.3 Å². The predicted molar refractivity (Wildman–Crippen MR) is 76.8 cm³/mol. The molecule has 1 amide bonds. The molecule has 0 aliphatic carbocycles. The molecule has 20 heavy (non-hydrogen) atoms. The second-order valence-corrected chi connectivity index (χ2v) is 5.16. The van der Waals surface area contributed by atoms with Crippen molar-refractivity contribution >= 4 is 5.91 Å². The molecule has 5 nitrogen and oxygen atoms in total. The lowest BCUT2D eigenvalue weighted by Gasteiger charge is -2.29. The Balaban J connectivity index is 2.06. The van der Waals surface area contributed by atoms with Crippen molar-refractivity contribution in [2.24, 2.45) is 5.73 Å². The summed E-state index contributed by atoms with van der Waals surface area (Å²) in [6.45, 7) is 1.51. The highest BCUT2D eigenvalue weighted by molar-refractivity contribution is 5.84. The molecule has 1 aromatic rings. The fourth-order valence-corrected chi connectivity index (χ4v) is 2.57. The number of nitrogens with zero attached hydrogens (tertiary/aromatic N) is 1. The molecule has 0 radical (unpaired) electrons. The van der Waals surface area contributed by atoms with E-state index in [2.05, 4.69) is 0 Å². The van der Waals surface area contributed by atoms with Crippen molar-refractivity contribution in [3.63, 3.8) is 0 Å². The molecule has 2 rings (SSSR count). The molecule has 0 saturated carbocycles. The van der Waals surface area contributed by atoms with Gasteiger partial charge in [-0.2, -0.15) is 0 Å². The van der Waals surface area contributed by atoms with Crippen LogP contribution in [0.15, 0.2) is 24.3 Å². The third-order valence-corrected chi connectivity index (χ3v) is 3.52. The van der Waals surface area contributed by atoms with Crippen molar-refractivity contribution in [1.82, 2.24) is 4.90 Å². The maximum Gasteiger partial charge on any atom is 0.230 e. The number of para-hydroxylation sites is 1. The van der Waals surface area contributed by atoms with Gasteiger partial charge in [-0.25, -0.2) is 0 Å². The van der Waals surface area contributed by atoms with Gasteiger partial charge in [0.2, 0.25) is 5.91 Å². The van der Waals surface area contributed by atoms with E-state index in [1.807, 2.05) is 24.3 Å². The summed E-state index contributed by atoms with van der Waals surface area (Å²) in [5, 5.41) is 0. The van der Waals surface area contributed by atoms with Gasteiger partial charge in [-0.1, -0.05) is 18.2 Å². The summed E-state index contributed by atoms with van der Waals surface area (Å²) in [5.74, 6) is 0.763. The van der Waals surface area contributed by atoms with Gasteiger partial charge in [-0.3, -0.25) is 4.79 Å². The Hall–Kier alpha value is -1.59. The van der Waals surface area contributed by atoms with Crippen molar-refractivity contribution in [1.29, 1.82) is 0 Å². The third-order valence-electron chi connectivity index (χ3n) is 3.52. The molecule has 110 valence electrons. The summed E-state index contributed by atoms with van der Waals surface area (Å²) < 4.78 is 10.6. The van der Waals surface area contributed by atoms with E-state index in [1.165, 1.54) is 0 Å². The first-order chi connectivity index (χ1) is 9.63. The number of likely N-dealkylation sites (N-methyl/N-ethyl adjacent to an activating group) is 1. The monoisotopic (exact) mass is 278 g/mol. The Morgan fingerprint density at radius 3 is 3.05 bits per heavy atom. The van der Waals surface area contributed by atoms with Crippen LogP contribution in [0, 0.1) is 0 Å². The molecule has 1 aliphatic heterocycles. The van der Waals surface area contributed by atoms with Crippen molar-refractivity contribution in [3.05, 3.63) is 29.8 Å². The van der Waals surface area contributed by atoms with Crippen LogP contribution in [0.1, 0.15) is 17.9 Å². The van der Waals surface area contributed by atoms with Crippen molar-refractivity contribution in [2.45, 2.75) is 18.4 Å². The van der Waals surface area contributed by atoms with E-state index in [0.29, 0.717) is 26.2 Å². The molecule has 2 N–H and O–H groups in total. The van der Waals surface area contributed by atoms with Crippen LogP contribution in [0.5, 0.6) is 5.75 Å². The van der Waals surface area contributed by atoms with Gasteiger partial charge in [0.15, 0.2) is 0 Å². The van der Waals surface area contributed by atoms with Crippen molar-refractivity contribution in [3.8, 4) is 5.75 Å². The molecule has 0 spiro atoms. The zero-order chi connectivity index (χ0) is 14.5. The van der Waals surface area contributed by atoms with E-state index in [9.17, 15) is 4.79 Å². The molecule has 1 aromatic carbocycles. The van der Waals surface area contributed by atoms with Crippen LogP contribution in [-0.2, 0) is 9.53 Å². The van der Waals surface area contributed by atoms with Gasteiger partial charge in [-0.05, 0) is 12.5 Å². The standard InChI is InChI=1S/C15H22N2O3/c1-17(9-11(16)10-19-2)15(18)13-7-8-20-14-6-4-3-5-12(13)14/h3-6,11,13H,7-10,16H2,1-2H3. The zero-order valence-corrected chi connectivity index (χ0v) is 12.0. The van der Waals surface area contributed by atoms with Gasteiger partial charge >= 0.3 is 0 Å². The van der Waals surface area contributed by atoms with E-state index in [4.69, 9.17) is 15.2 Å². The number of carbonyl (C=O) groups excluding carboxylic acids is 1. The third kappa shape index (κ3) is 3.29. The number of hydrogen-bond donors (Lipinski definition) is 1. The number of carbonyl (C=O) groups is 1. The number of amides is 1. The van der Waals surface area contributed by atoms with Crippen LogP contribution in [0.25, 0.3) is 0 Å². The minimum absolute atomic E-state index is 0.0901. The summed E-state index contributed by atoms with van der Waals surface area (Å²) >= 11 is 0. The molecular formula is C15H22N2O3. The fourth-order valence-electron chi connectivity index (χ4n) is 2.57. The number of rotatable bonds is 5. The molecule has 0 bridgehead atoms. The largest absolute Gasteiger partial charge is 0.493 e. The first-order valence-corrected chi connectivity index (χ1v) is 6.84. The van der Waals surface area contributed by atoms with E-state index in [-0.39, 0.29) is 17.9 Å². The van der Waals surface area contributed by atoms with Gasteiger partial charge in [-0.15, -0.1) is 0 Å². The Labute approximate surface area is 119 Å². The molecule has 0 aromatic heterocycles. The minimum Gasteiger partial charge on any atom is -0.493 e. The Kier molecular flexibility index (Phi) is 4.98. The Morgan fingerprint density at radius 1 is 1.55 bits per heavy atom. The van der Waals surface area contributed by atoms with Gasteiger partial charge in [0.1, 0.15) is 5.75 Å².